The average molecular weight is 380 g/mol. The minimum absolute atomic E-state index is 0.122. The molecule has 0 radical (unpaired) electrons. The monoisotopic (exact) mass is 380 g/mol. The number of hydrogen-bond donors (Lipinski definition) is 0. The first-order valence-electron chi connectivity index (χ1n) is 10.6. The third-order valence-corrected chi connectivity index (χ3v) is 7.04. The summed E-state index contributed by atoms with van der Waals surface area (Å²) >= 11 is 0. The predicted molar refractivity (Wildman–Crippen MR) is 115 cm³/mol. The number of anilines is 1. The predicted octanol–water partition coefficient (Wildman–Crippen LogP) is 5.32. The topological polar surface area (TPSA) is 23.3 Å². The van der Waals surface area contributed by atoms with Crippen molar-refractivity contribution in [3.63, 3.8) is 0 Å². The first-order chi connectivity index (χ1) is 14.2. The highest BCUT2D eigenvalue weighted by atomic mass is 16.2. The number of amides is 1. The third-order valence-electron chi connectivity index (χ3n) is 7.04. The zero-order valence-electron chi connectivity index (χ0n) is 16.5. The van der Waals surface area contributed by atoms with Crippen LogP contribution in [-0.2, 0) is 0 Å². The Morgan fingerprint density at radius 1 is 0.931 bits per heavy atom. The second kappa shape index (κ2) is 6.30. The second-order valence-electron chi connectivity index (χ2n) is 8.54. The molecule has 3 aromatic rings. The number of hydrogen-bond acceptors (Lipinski definition) is 2. The molecular weight excluding hydrogens is 356 g/mol. The van der Waals surface area contributed by atoms with Crippen molar-refractivity contribution in [3.8, 4) is 0 Å². The molecule has 0 saturated carbocycles. The van der Waals surface area contributed by atoms with Gasteiger partial charge in [-0.15, -0.1) is 0 Å². The minimum atomic E-state index is 0.122. The van der Waals surface area contributed by atoms with E-state index >= 15 is 0 Å². The lowest BCUT2D eigenvalue weighted by Gasteiger charge is -2.19. The number of fused-ring (bicyclic) bond motifs is 2. The highest BCUT2D eigenvalue weighted by Crippen LogP contribution is 2.61. The van der Waals surface area contributed by atoms with Crippen molar-refractivity contribution in [2.45, 2.75) is 37.4 Å². The molecule has 2 heterocycles. The van der Waals surface area contributed by atoms with E-state index in [1.807, 2.05) is 35.2 Å². The Morgan fingerprint density at radius 3 is 2.41 bits per heavy atom. The van der Waals surface area contributed by atoms with Crippen molar-refractivity contribution in [1.82, 2.24) is 4.90 Å². The molecule has 3 aromatic carbocycles. The molecule has 3 aliphatic rings. The molecule has 5 atom stereocenters. The maximum Gasteiger partial charge on any atom is 0.258 e. The van der Waals surface area contributed by atoms with Gasteiger partial charge in [-0.2, -0.15) is 0 Å². The fraction of sp³-hybridized carbons (Fsp3) is 0.269. The van der Waals surface area contributed by atoms with Crippen molar-refractivity contribution in [2.24, 2.45) is 0 Å². The van der Waals surface area contributed by atoms with E-state index in [-0.39, 0.29) is 5.91 Å². The van der Waals surface area contributed by atoms with E-state index in [4.69, 9.17) is 0 Å². The fourth-order valence-corrected chi connectivity index (χ4v) is 5.68. The molecular formula is C26H24N2O. The van der Waals surface area contributed by atoms with Crippen LogP contribution in [-0.4, -0.2) is 23.4 Å². The normalized spacial score (nSPS) is 27.1. The first-order valence-corrected chi connectivity index (χ1v) is 10.6. The van der Waals surface area contributed by atoms with Crippen molar-refractivity contribution in [2.75, 3.05) is 11.4 Å². The molecule has 2 aliphatic heterocycles. The Morgan fingerprint density at radius 2 is 1.66 bits per heavy atom. The second-order valence-corrected chi connectivity index (χ2v) is 8.54. The quantitative estimate of drug-likeness (QED) is 0.574. The number of carbonyl (C=O) groups is 1. The Hall–Kier alpha value is -2.91. The summed E-state index contributed by atoms with van der Waals surface area (Å²) in [5.74, 6) is 0.569. The van der Waals surface area contributed by atoms with Crippen molar-refractivity contribution in [1.29, 1.82) is 0 Å². The Bertz CT molecular complexity index is 1080. The minimum Gasteiger partial charge on any atom is -0.307 e. The standard InChI is InChI=1S/C26H24N2O/c1-17(18-9-4-2-5-10-18)28-23-15-20-16-27(26(29)19-11-6-3-7-12-19)22-14-8-13-21(24(20)22)25(23)28/h2-14,17,20,23,25H,15-16H2,1H3/t17-,20-,23-,25+,28?/m0/s1. The van der Waals surface area contributed by atoms with Crippen LogP contribution in [0.4, 0.5) is 5.69 Å². The molecule has 0 N–H and O–H groups in total. The van der Waals surface area contributed by atoms with Crippen LogP contribution >= 0.6 is 0 Å². The molecule has 1 unspecified atom stereocenters. The van der Waals surface area contributed by atoms with Gasteiger partial charge >= 0.3 is 0 Å². The van der Waals surface area contributed by atoms with Crippen LogP contribution < -0.4 is 4.90 Å². The lowest BCUT2D eigenvalue weighted by Crippen LogP contribution is -2.30. The van der Waals surface area contributed by atoms with Crippen LogP contribution in [0.1, 0.15) is 58.4 Å². The van der Waals surface area contributed by atoms with Gasteiger partial charge in [0.15, 0.2) is 0 Å². The molecule has 1 saturated heterocycles. The molecule has 29 heavy (non-hydrogen) atoms. The van der Waals surface area contributed by atoms with E-state index in [0.29, 0.717) is 24.0 Å². The summed E-state index contributed by atoms with van der Waals surface area (Å²) in [6, 6.07) is 28.5. The molecule has 3 nitrogen and oxygen atoms in total. The van der Waals surface area contributed by atoms with Gasteiger partial charge in [-0.3, -0.25) is 9.69 Å². The van der Waals surface area contributed by atoms with Gasteiger partial charge in [0.1, 0.15) is 0 Å². The zero-order valence-corrected chi connectivity index (χ0v) is 16.5. The van der Waals surface area contributed by atoms with Crippen LogP contribution in [0.3, 0.4) is 0 Å². The van der Waals surface area contributed by atoms with Crippen LogP contribution in [0.5, 0.6) is 0 Å². The van der Waals surface area contributed by atoms with E-state index < -0.39 is 0 Å². The Labute approximate surface area is 171 Å². The zero-order chi connectivity index (χ0) is 19.5. The van der Waals surface area contributed by atoms with Crippen LogP contribution in [0, 0.1) is 0 Å². The van der Waals surface area contributed by atoms with E-state index in [1.54, 1.807) is 0 Å². The molecule has 0 aromatic heterocycles. The lowest BCUT2D eigenvalue weighted by atomic mass is 9.84. The maximum absolute atomic E-state index is 13.2. The molecule has 3 heteroatoms. The number of carbonyl (C=O) groups excluding carboxylic acids is 1. The molecule has 1 amide bonds. The van der Waals surface area contributed by atoms with Gasteiger partial charge in [-0.05, 0) is 48.2 Å². The summed E-state index contributed by atoms with van der Waals surface area (Å²) in [6.07, 6.45) is 1.14. The van der Waals surface area contributed by atoms with Gasteiger partial charge in [0.05, 0.1) is 6.04 Å². The highest BCUT2D eigenvalue weighted by Gasteiger charge is 2.57. The Balaban J connectivity index is 1.34. The molecule has 0 spiro atoms. The van der Waals surface area contributed by atoms with Gasteiger partial charge in [-0.1, -0.05) is 60.7 Å². The summed E-state index contributed by atoms with van der Waals surface area (Å²) in [5, 5.41) is 0. The summed E-state index contributed by atoms with van der Waals surface area (Å²) in [7, 11) is 0. The largest absolute Gasteiger partial charge is 0.307 e. The van der Waals surface area contributed by atoms with Crippen molar-refractivity contribution in [3.05, 3.63) is 101 Å². The van der Waals surface area contributed by atoms with Crippen molar-refractivity contribution >= 4 is 11.6 Å². The smallest absolute Gasteiger partial charge is 0.258 e. The van der Waals surface area contributed by atoms with Gasteiger partial charge < -0.3 is 4.90 Å². The average Bonchev–Trinajstić information content (AvgIpc) is 3.39. The van der Waals surface area contributed by atoms with Gasteiger partial charge in [-0.25, -0.2) is 0 Å². The highest BCUT2D eigenvalue weighted by molar-refractivity contribution is 6.07. The molecule has 1 fully saturated rings. The van der Waals surface area contributed by atoms with Gasteiger partial charge in [0.2, 0.25) is 0 Å². The van der Waals surface area contributed by atoms with E-state index in [2.05, 4.69) is 60.4 Å². The van der Waals surface area contributed by atoms with Gasteiger partial charge in [0, 0.05) is 35.8 Å². The summed E-state index contributed by atoms with van der Waals surface area (Å²) in [4.78, 5) is 17.8. The van der Waals surface area contributed by atoms with Crippen LogP contribution in [0.2, 0.25) is 0 Å². The number of benzene rings is 3. The molecule has 144 valence electrons. The van der Waals surface area contributed by atoms with E-state index in [0.717, 1.165) is 24.2 Å². The molecule has 0 bridgehead atoms. The fourth-order valence-electron chi connectivity index (χ4n) is 5.68. The SMILES string of the molecule is C[C@@H](c1ccccc1)N1[C@@H]2c3cccc4c3[C@@H](C[C@@H]21)CN4C(=O)c1ccccc1. The van der Waals surface area contributed by atoms with Crippen molar-refractivity contribution < 1.29 is 4.79 Å². The van der Waals surface area contributed by atoms with Gasteiger partial charge in [0.25, 0.3) is 5.91 Å². The lowest BCUT2D eigenvalue weighted by molar-refractivity contribution is 0.0988. The number of nitrogens with zero attached hydrogens (tertiary/aromatic N) is 2. The third kappa shape index (κ3) is 2.50. The summed E-state index contributed by atoms with van der Waals surface area (Å²) in [6.45, 7) is 3.13. The summed E-state index contributed by atoms with van der Waals surface area (Å²) < 4.78 is 0. The van der Waals surface area contributed by atoms with E-state index in [9.17, 15) is 4.79 Å². The Kier molecular flexibility index (Phi) is 3.69. The van der Waals surface area contributed by atoms with E-state index in [1.165, 1.54) is 16.7 Å². The van der Waals surface area contributed by atoms with Crippen LogP contribution in [0.25, 0.3) is 0 Å². The molecule has 1 aliphatic carbocycles. The molecule has 6 rings (SSSR count). The number of rotatable bonds is 3. The first kappa shape index (κ1) is 17.0. The maximum atomic E-state index is 13.2. The van der Waals surface area contributed by atoms with Crippen LogP contribution in [0.15, 0.2) is 78.9 Å². The summed E-state index contributed by atoms with van der Waals surface area (Å²) in [5.41, 5.74) is 6.14.